The van der Waals surface area contributed by atoms with Gasteiger partial charge in [0.05, 0.1) is 34.2 Å². The van der Waals surface area contributed by atoms with Gasteiger partial charge in [0.25, 0.3) is 17.3 Å². The van der Waals surface area contributed by atoms with E-state index in [-0.39, 0.29) is 42.6 Å². The van der Waals surface area contributed by atoms with E-state index in [4.69, 9.17) is 28.3 Å². The number of aliphatic hydroxyl groups excluding tert-OH is 2. The maximum absolute atomic E-state index is 12.5. The number of nitro benzene ring substituents is 2. The third-order valence-corrected chi connectivity index (χ3v) is 3.80. The second-order valence-electron chi connectivity index (χ2n) is 5.29. The summed E-state index contributed by atoms with van der Waals surface area (Å²) in [6, 6.07) is 1.66. The van der Waals surface area contributed by atoms with E-state index >= 15 is 0 Å². The molecule has 0 saturated heterocycles. The molecule has 0 aromatic heterocycles. The van der Waals surface area contributed by atoms with Crippen LogP contribution >= 0.6 is 23.2 Å². The number of aliphatic hydroxyl groups is 2. The third-order valence-electron chi connectivity index (χ3n) is 3.46. The number of non-ortho nitro benzene ring substituents is 1. The van der Waals surface area contributed by atoms with Crippen LogP contribution in [0.5, 0.6) is 0 Å². The quantitative estimate of drug-likeness (QED) is 0.268. The van der Waals surface area contributed by atoms with Crippen molar-refractivity contribution in [3.05, 3.63) is 37.9 Å². The van der Waals surface area contributed by atoms with E-state index in [9.17, 15) is 30.1 Å². The van der Waals surface area contributed by atoms with Gasteiger partial charge in [-0.1, -0.05) is 0 Å². The van der Waals surface area contributed by atoms with Gasteiger partial charge in [-0.3, -0.25) is 25.0 Å². The topological polar surface area (TPSA) is 159 Å². The lowest BCUT2D eigenvalue weighted by Gasteiger charge is -2.25. The minimum absolute atomic E-state index is 0.0648. The smallest absolute Gasteiger partial charge is 0.300 e. The van der Waals surface area contributed by atoms with Crippen LogP contribution in [0.1, 0.15) is 10.4 Å². The molecule has 11 nitrogen and oxygen atoms in total. The lowest BCUT2D eigenvalue weighted by Crippen LogP contribution is -2.36. The van der Waals surface area contributed by atoms with Gasteiger partial charge >= 0.3 is 0 Å². The monoisotopic (exact) mass is 424 g/mol. The molecular weight excluding hydrogens is 407 g/mol. The zero-order valence-corrected chi connectivity index (χ0v) is 15.5. The first kappa shape index (κ1) is 22.8. The van der Waals surface area contributed by atoms with E-state index in [0.29, 0.717) is 0 Å². The van der Waals surface area contributed by atoms with Gasteiger partial charge in [0.2, 0.25) is 0 Å². The van der Waals surface area contributed by atoms with Crippen LogP contribution in [0, 0.1) is 20.2 Å². The summed E-state index contributed by atoms with van der Waals surface area (Å²) < 4.78 is 0. The van der Waals surface area contributed by atoms with Crippen molar-refractivity contribution in [2.75, 3.05) is 42.9 Å². The third kappa shape index (κ3) is 6.17. The van der Waals surface area contributed by atoms with Crippen molar-refractivity contribution in [1.82, 2.24) is 5.32 Å². The molecule has 1 unspecified atom stereocenters. The Morgan fingerprint density at radius 1 is 1.19 bits per heavy atom. The number of hydrogen-bond acceptors (Lipinski definition) is 8. The number of hydrogen-bond donors (Lipinski definition) is 3. The van der Waals surface area contributed by atoms with Crippen molar-refractivity contribution >= 4 is 46.2 Å². The summed E-state index contributed by atoms with van der Waals surface area (Å²) in [6.45, 7) is -0.762. The first-order chi connectivity index (χ1) is 12.8. The average Bonchev–Trinajstić information content (AvgIpc) is 2.64. The van der Waals surface area contributed by atoms with E-state index in [2.05, 4.69) is 5.32 Å². The number of amides is 1. The molecule has 27 heavy (non-hydrogen) atoms. The molecule has 1 rings (SSSR count). The Morgan fingerprint density at radius 3 is 2.22 bits per heavy atom. The number of nitro groups is 2. The molecule has 150 valence electrons. The molecule has 1 amide bonds. The summed E-state index contributed by atoms with van der Waals surface area (Å²) in [6.07, 6.45) is -1.26. The van der Waals surface area contributed by atoms with E-state index in [1.807, 2.05) is 0 Å². The lowest BCUT2D eigenvalue weighted by molar-refractivity contribution is -0.393. The summed E-state index contributed by atoms with van der Waals surface area (Å²) >= 11 is 11.4. The number of rotatable bonds is 11. The van der Waals surface area contributed by atoms with Crippen molar-refractivity contribution in [3.8, 4) is 0 Å². The van der Waals surface area contributed by atoms with Gasteiger partial charge < -0.3 is 20.4 Å². The minimum Gasteiger partial charge on any atom is -0.394 e. The summed E-state index contributed by atoms with van der Waals surface area (Å²) in [4.78, 5) is 34.8. The molecule has 0 spiro atoms. The second kappa shape index (κ2) is 10.8. The maximum Gasteiger partial charge on any atom is 0.300 e. The highest BCUT2D eigenvalue weighted by Gasteiger charge is 2.30. The fourth-order valence-corrected chi connectivity index (χ4v) is 2.67. The van der Waals surface area contributed by atoms with Gasteiger partial charge in [-0.2, -0.15) is 0 Å². The summed E-state index contributed by atoms with van der Waals surface area (Å²) in [5, 5.41) is 43.1. The fraction of sp³-hybridized carbons (Fsp3) is 0.500. The molecule has 13 heteroatoms. The summed E-state index contributed by atoms with van der Waals surface area (Å²) in [5.41, 5.74) is -1.79. The Kier molecular flexibility index (Phi) is 9.15. The van der Waals surface area contributed by atoms with Crippen LogP contribution in [0.25, 0.3) is 0 Å². The van der Waals surface area contributed by atoms with Crippen LogP contribution in [-0.2, 0) is 0 Å². The number of alkyl halides is 2. The van der Waals surface area contributed by atoms with Gasteiger partial charge in [-0.25, -0.2) is 0 Å². The van der Waals surface area contributed by atoms with Crippen molar-refractivity contribution in [3.63, 3.8) is 0 Å². The number of halogens is 2. The van der Waals surface area contributed by atoms with Gasteiger partial charge in [-0.05, 0) is 0 Å². The molecule has 0 heterocycles. The Bertz CT molecular complexity index is 698. The number of nitrogens with zero attached hydrogens (tertiary/aromatic N) is 3. The SMILES string of the molecule is O=C(NCC(O)CO)c1cc([N+](=O)[O-])cc([N+](=O)[O-])c1N(CCCl)CCCl. The molecule has 0 radical (unpaired) electrons. The molecule has 1 aromatic rings. The van der Waals surface area contributed by atoms with Crippen molar-refractivity contribution in [1.29, 1.82) is 0 Å². The summed E-state index contributed by atoms with van der Waals surface area (Å²) in [7, 11) is 0. The first-order valence-electron chi connectivity index (χ1n) is 7.67. The Morgan fingerprint density at radius 2 is 1.78 bits per heavy atom. The van der Waals surface area contributed by atoms with Gasteiger partial charge in [0, 0.05) is 37.5 Å². The number of benzene rings is 1. The number of nitrogens with one attached hydrogen (secondary N) is 1. The Hall–Kier alpha value is -2.21. The summed E-state index contributed by atoms with van der Waals surface area (Å²) in [5.74, 6) is -0.761. The minimum atomic E-state index is -1.26. The zero-order chi connectivity index (χ0) is 20.6. The lowest BCUT2D eigenvalue weighted by atomic mass is 10.1. The van der Waals surface area contributed by atoms with Crippen LogP contribution in [0.2, 0.25) is 0 Å². The van der Waals surface area contributed by atoms with Crippen LogP contribution in [0.15, 0.2) is 12.1 Å². The first-order valence-corrected chi connectivity index (χ1v) is 8.74. The molecule has 0 saturated carbocycles. The van der Waals surface area contributed by atoms with Crippen LogP contribution < -0.4 is 10.2 Å². The van der Waals surface area contributed by atoms with E-state index in [1.54, 1.807) is 0 Å². The van der Waals surface area contributed by atoms with Gasteiger partial charge in [0.15, 0.2) is 0 Å². The highest BCUT2D eigenvalue weighted by atomic mass is 35.5. The van der Waals surface area contributed by atoms with Crippen LogP contribution in [0.4, 0.5) is 17.1 Å². The van der Waals surface area contributed by atoms with Crippen molar-refractivity contribution in [2.45, 2.75) is 6.10 Å². The fourth-order valence-electron chi connectivity index (χ4n) is 2.26. The standard InChI is InChI=1S/C14H18Cl2N4O7/c15-1-3-18(4-2-16)13-11(14(23)17-7-10(22)8-21)5-9(19(24)25)6-12(13)20(26)27/h5-6,10,21-22H,1-4,7-8H2,(H,17,23). The van der Waals surface area contributed by atoms with E-state index in [0.717, 1.165) is 12.1 Å². The molecule has 0 fully saturated rings. The second-order valence-corrected chi connectivity index (χ2v) is 6.04. The number of carbonyl (C=O) groups is 1. The molecular formula is C14H18Cl2N4O7. The number of carbonyl (C=O) groups excluding carboxylic acids is 1. The Balaban J connectivity index is 3.55. The largest absolute Gasteiger partial charge is 0.394 e. The normalized spacial score (nSPS) is 11.7. The molecule has 1 aromatic carbocycles. The molecule has 0 aliphatic heterocycles. The maximum atomic E-state index is 12.5. The molecule has 0 aliphatic rings. The predicted octanol–water partition coefficient (Wildman–Crippen LogP) is 0.870. The highest BCUT2D eigenvalue weighted by molar-refractivity contribution is 6.18. The Labute approximate surface area is 163 Å². The molecule has 0 aliphatic carbocycles. The number of anilines is 1. The van der Waals surface area contributed by atoms with Crippen LogP contribution in [-0.4, -0.2) is 70.1 Å². The molecule has 1 atom stereocenters. The predicted molar refractivity (Wildman–Crippen MR) is 98.8 cm³/mol. The highest BCUT2D eigenvalue weighted by Crippen LogP contribution is 2.36. The average molecular weight is 425 g/mol. The molecule has 3 N–H and O–H groups in total. The van der Waals surface area contributed by atoms with Crippen LogP contribution in [0.3, 0.4) is 0 Å². The molecule has 0 bridgehead atoms. The van der Waals surface area contributed by atoms with E-state index < -0.39 is 39.8 Å². The van der Waals surface area contributed by atoms with E-state index in [1.165, 1.54) is 4.90 Å². The van der Waals surface area contributed by atoms with Crippen molar-refractivity contribution in [2.24, 2.45) is 0 Å². The van der Waals surface area contributed by atoms with Crippen molar-refractivity contribution < 1.29 is 24.9 Å². The van der Waals surface area contributed by atoms with Gasteiger partial charge in [-0.15, -0.1) is 23.2 Å². The zero-order valence-electron chi connectivity index (χ0n) is 14.0. The van der Waals surface area contributed by atoms with Gasteiger partial charge in [0.1, 0.15) is 5.69 Å².